The van der Waals surface area contributed by atoms with Gasteiger partial charge in [-0.05, 0) is 30.9 Å². The molecule has 17 heavy (non-hydrogen) atoms. The van der Waals surface area contributed by atoms with Crippen molar-refractivity contribution in [1.82, 2.24) is 4.98 Å². The van der Waals surface area contributed by atoms with Crippen molar-refractivity contribution in [2.75, 3.05) is 18.0 Å². The zero-order valence-corrected chi connectivity index (χ0v) is 10.7. The molecule has 1 fully saturated rings. The molecule has 94 valence electrons. The Kier molecular flexibility index (Phi) is 4.37. The Morgan fingerprint density at radius 2 is 1.94 bits per heavy atom. The van der Waals surface area contributed by atoms with Crippen LogP contribution in [0.3, 0.4) is 0 Å². The summed E-state index contributed by atoms with van der Waals surface area (Å²) in [5.41, 5.74) is 7.14. The van der Waals surface area contributed by atoms with Crippen LogP contribution in [0.15, 0.2) is 18.3 Å². The maximum atomic E-state index is 5.99. The summed E-state index contributed by atoms with van der Waals surface area (Å²) in [6.45, 7) is 4.39. The Labute approximate surface area is 104 Å². The standard InChI is InChI=1S/C14H23N3/c1-2-13(15)12-7-8-14(16-11-12)17-9-5-3-4-6-10-17/h7-8,11,13H,2-6,9-10,15H2,1H3/t13-/m1/s1. The number of nitrogens with zero attached hydrogens (tertiary/aromatic N) is 2. The van der Waals surface area contributed by atoms with Gasteiger partial charge in [0.1, 0.15) is 5.82 Å². The molecule has 0 bridgehead atoms. The molecule has 2 heterocycles. The van der Waals surface area contributed by atoms with Gasteiger partial charge >= 0.3 is 0 Å². The number of rotatable bonds is 3. The maximum absolute atomic E-state index is 5.99. The van der Waals surface area contributed by atoms with Gasteiger partial charge in [0.15, 0.2) is 0 Å². The van der Waals surface area contributed by atoms with E-state index in [2.05, 4.69) is 28.9 Å². The fourth-order valence-electron chi connectivity index (χ4n) is 2.34. The Morgan fingerprint density at radius 3 is 2.47 bits per heavy atom. The van der Waals surface area contributed by atoms with Crippen LogP contribution in [0.5, 0.6) is 0 Å². The fraction of sp³-hybridized carbons (Fsp3) is 0.643. The summed E-state index contributed by atoms with van der Waals surface area (Å²) in [5, 5.41) is 0. The molecule has 2 rings (SSSR count). The number of hydrogen-bond donors (Lipinski definition) is 1. The van der Waals surface area contributed by atoms with Crippen LogP contribution >= 0.6 is 0 Å². The second-order valence-corrected chi connectivity index (χ2v) is 4.87. The van der Waals surface area contributed by atoms with Gasteiger partial charge in [0.05, 0.1) is 0 Å². The lowest BCUT2D eigenvalue weighted by Gasteiger charge is -2.21. The molecule has 0 amide bonds. The Bertz CT molecular complexity index is 326. The highest BCUT2D eigenvalue weighted by molar-refractivity contribution is 5.39. The van der Waals surface area contributed by atoms with Crippen LogP contribution in [0.2, 0.25) is 0 Å². The number of aromatic nitrogens is 1. The highest BCUT2D eigenvalue weighted by atomic mass is 15.2. The Hall–Kier alpha value is -1.09. The molecule has 1 aliphatic heterocycles. The second kappa shape index (κ2) is 6.01. The van der Waals surface area contributed by atoms with Crippen molar-refractivity contribution in [3.8, 4) is 0 Å². The molecule has 0 radical (unpaired) electrons. The van der Waals surface area contributed by atoms with E-state index < -0.39 is 0 Å². The summed E-state index contributed by atoms with van der Waals surface area (Å²) in [6, 6.07) is 4.37. The van der Waals surface area contributed by atoms with Gasteiger partial charge in [0, 0.05) is 25.3 Å². The third-order valence-electron chi connectivity index (χ3n) is 3.57. The highest BCUT2D eigenvalue weighted by Gasteiger charge is 2.11. The van der Waals surface area contributed by atoms with Gasteiger partial charge in [-0.25, -0.2) is 4.98 Å². The van der Waals surface area contributed by atoms with Crippen LogP contribution < -0.4 is 10.6 Å². The summed E-state index contributed by atoms with van der Waals surface area (Å²) in [4.78, 5) is 6.96. The largest absolute Gasteiger partial charge is 0.357 e. The van der Waals surface area contributed by atoms with Crippen molar-refractivity contribution >= 4 is 5.82 Å². The van der Waals surface area contributed by atoms with Gasteiger partial charge in [0.25, 0.3) is 0 Å². The topological polar surface area (TPSA) is 42.1 Å². The summed E-state index contributed by atoms with van der Waals surface area (Å²) < 4.78 is 0. The number of pyridine rings is 1. The number of anilines is 1. The lowest BCUT2D eigenvalue weighted by molar-refractivity contribution is 0.693. The molecule has 0 aromatic carbocycles. The van der Waals surface area contributed by atoms with Crippen LogP contribution in [0.4, 0.5) is 5.82 Å². The van der Waals surface area contributed by atoms with Crippen LogP contribution in [0.25, 0.3) is 0 Å². The van der Waals surface area contributed by atoms with E-state index in [1.807, 2.05) is 6.20 Å². The van der Waals surface area contributed by atoms with Gasteiger partial charge in [0.2, 0.25) is 0 Å². The van der Waals surface area contributed by atoms with E-state index >= 15 is 0 Å². The first kappa shape index (κ1) is 12.4. The predicted octanol–water partition coefficient (Wildman–Crippen LogP) is 2.87. The minimum atomic E-state index is 0.126. The summed E-state index contributed by atoms with van der Waals surface area (Å²) in [7, 11) is 0. The lowest BCUT2D eigenvalue weighted by atomic mass is 10.1. The summed E-state index contributed by atoms with van der Waals surface area (Å²) in [6.07, 6.45) is 8.19. The second-order valence-electron chi connectivity index (χ2n) is 4.87. The van der Waals surface area contributed by atoms with Gasteiger partial charge in [-0.1, -0.05) is 25.8 Å². The minimum absolute atomic E-state index is 0.126. The quantitative estimate of drug-likeness (QED) is 0.873. The third kappa shape index (κ3) is 3.19. The Morgan fingerprint density at radius 1 is 1.24 bits per heavy atom. The minimum Gasteiger partial charge on any atom is -0.357 e. The molecule has 3 heteroatoms. The van der Waals surface area contributed by atoms with E-state index in [-0.39, 0.29) is 6.04 Å². The molecule has 0 spiro atoms. The molecule has 3 nitrogen and oxygen atoms in total. The number of nitrogens with two attached hydrogens (primary N) is 1. The zero-order valence-electron chi connectivity index (χ0n) is 10.7. The molecule has 0 saturated carbocycles. The molecule has 0 aliphatic carbocycles. The smallest absolute Gasteiger partial charge is 0.128 e. The van der Waals surface area contributed by atoms with Gasteiger partial charge < -0.3 is 10.6 Å². The Balaban J connectivity index is 2.05. The molecule has 1 aliphatic rings. The zero-order chi connectivity index (χ0) is 12.1. The first-order valence-electron chi connectivity index (χ1n) is 6.77. The molecule has 1 atom stereocenters. The average molecular weight is 233 g/mol. The SMILES string of the molecule is CC[C@@H](N)c1ccc(N2CCCCCC2)nc1. The van der Waals surface area contributed by atoms with E-state index in [1.165, 1.54) is 25.7 Å². The van der Waals surface area contributed by atoms with Crippen molar-refractivity contribution in [2.45, 2.75) is 45.1 Å². The molecule has 1 saturated heterocycles. The third-order valence-corrected chi connectivity index (χ3v) is 3.57. The van der Waals surface area contributed by atoms with Crippen molar-refractivity contribution in [1.29, 1.82) is 0 Å². The first-order chi connectivity index (χ1) is 8.31. The fourth-order valence-corrected chi connectivity index (χ4v) is 2.34. The molecule has 1 aromatic rings. The van der Waals surface area contributed by atoms with Crippen molar-refractivity contribution in [3.63, 3.8) is 0 Å². The van der Waals surface area contributed by atoms with Gasteiger partial charge in [-0.2, -0.15) is 0 Å². The van der Waals surface area contributed by atoms with E-state index in [0.29, 0.717) is 0 Å². The molecule has 1 aromatic heterocycles. The molecular formula is C14H23N3. The average Bonchev–Trinajstić information content (AvgIpc) is 2.67. The van der Waals surface area contributed by atoms with Gasteiger partial charge in [-0.3, -0.25) is 0 Å². The van der Waals surface area contributed by atoms with Crippen molar-refractivity contribution in [2.24, 2.45) is 5.73 Å². The van der Waals surface area contributed by atoms with Crippen LogP contribution in [-0.4, -0.2) is 18.1 Å². The van der Waals surface area contributed by atoms with Crippen molar-refractivity contribution < 1.29 is 0 Å². The van der Waals surface area contributed by atoms with E-state index in [1.54, 1.807) is 0 Å². The monoisotopic (exact) mass is 233 g/mol. The van der Waals surface area contributed by atoms with Crippen LogP contribution in [0.1, 0.15) is 50.6 Å². The highest BCUT2D eigenvalue weighted by Crippen LogP contribution is 2.19. The van der Waals surface area contributed by atoms with Crippen LogP contribution in [-0.2, 0) is 0 Å². The lowest BCUT2D eigenvalue weighted by Crippen LogP contribution is -2.24. The normalized spacial score (nSPS) is 18.8. The molecule has 0 unspecified atom stereocenters. The number of hydrogen-bond acceptors (Lipinski definition) is 3. The predicted molar refractivity (Wildman–Crippen MR) is 72.1 cm³/mol. The van der Waals surface area contributed by atoms with E-state index in [4.69, 9.17) is 5.73 Å². The summed E-state index contributed by atoms with van der Waals surface area (Å²) in [5.74, 6) is 1.11. The molecular weight excluding hydrogens is 210 g/mol. The first-order valence-corrected chi connectivity index (χ1v) is 6.77. The van der Waals surface area contributed by atoms with Crippen LogP contribution in [0, 0.1) is 0 Å². The van der Waals surface area contributed by atoms with E-state index in [9.17, 15) is 0 Å². The summed E-state index contributed by atoms with van der Waals surface area (Å²) >= 11 is 0. The van der Waals surface area contributed by atoms with E-state index in [0.717, 1.165) is 30.9 Å². The molecule has 2 N–H and O–H groups in total. The van der Waals surface area contributed by atoms with Gasteiger partial charge in [-0.15, -0.1) is 0 Å². The maximum Gasteiger partial charge on any atom is 0.128 e. The van der Waals surface area contributed by atoms with Crippen molar-refractivity contribution in [3.05, 3.63) is 23.9 Å².